The predicted molar refractivity (Wildman–Crippen MR) is 49.4 cm³/mol. The fraction of sp³-hybridized carbons (Fsp3) is 0.125. The summed E-state index contributed by atoms with van der Waals surface area (Å²) in [6.45, 7) is 0. The van der Waals surface area contributed by atoms with Gasteiger partial charge in [-0.1, -0.05) is 11.6 Å². The minimum absolute atomic E-state index is 0.374. The van der Waals surface area contributed by atoms with Crippen molar-refractivity contribution in [2.75, 3.05) is 7.11 Å². The molecule has 0 fully saturated rings. The summed E-state index contributed by atoms with van der Waals surface area (Å²) in [4.78, 5) is 20.7. The maximum Gasteiger partial charge on any atom is 0.348 e. The van der Waals surface area contributed by atoms with Crippen LogP contribution in [0.1, 0.15) is 10.4 Å². The molecule has 0 N–H and O–H groups in total. The van der Waals surface area contributed by atoms with Gasteiger partial charge in [-0.25, -0.2) is 9.18 Å². The van der Waals surface area contributed by atoms with Crippen LogP contribution in [0.15, 0.2) is 12.1 Å². The Morgan fingerprint density at radius 1 is 1.60 bits per heavy atom. The Bertz CT molecular complexity index is 435. The van der Waals surface area contributed by atoms with Crippen LogP contribution in [0.25, 0.3) is 0 Å². The molecule has 0 unspecified atom stereocenters. The Hall–Kier alpha value is -1.69. The van der Waals surface area contributed by atoms with Crippen molar-refractivity contribution in [2.24, 2.45) is 0 Å². The molecule has 1 rings (SSSR count). The predicted octanol–water partition coefficient (Wildman–Crippen LogP) is 2.17. The SMILES string of the molecule is COC(=O)c1c([N+](=O)[O-])ccc(Cl)c1F. The van der Waals surface area contributed by atoms with Gasteiger partial charge in [0.05, 0.1) is 17.1 Å². The molecule has 0 aliphatic rings. The van der Waals surface area contributed by atoms with Gasteiger partial charge in [-0.3, -0.25) is 10.1 Å². The van der Waals surface area contributed by atoms with Crippen molar-refractivity contribution >= 4 is 23.3 Å². The number of nitrogens with zero attached hydrogens (tertiary/aromatic N) is 1. The van der Waals surface area contributed by atoms with E-state index in [0.717, 1.165) is 19.2 Å². The Balaban J connectivity index is 3.48. The summed E-state index contributed by atoms with van der Waals surface area (Å²) in [5.74, 6) is -2.29. The number of carbonyl (C=O) groups is 1. The van der Waals surface area contributed by atoms with E-state index in [4.69, 9.17) is 11.6 Å². The van der Waals surface area contributed by atoms with Gasteiger partial charge in [0.15, 0.2) is 11.4 Å². The summed E-state index contributed by atoms with van der Waals surface area (Å²) in [6.07, 6.45) is 0. The number of hydrogen-bond acceptors (Lipinski definition) is 4. The van der Waals surface area contributed by atoms with Crippen molar-refractivity contribution < 1.29 is 18.8 Å². The highest BCUT2D eigenvalue weighted by Crippen LogP contribution is 2.27. The molecule has 7 heteroatoms. The molecule has 0 aliphatic heterocycles. The zero-order valence-electron chi connectivity index (χ0n) is 7.49. The lowest BCUT2D eigenvalue weighted by atomic mass is 10.1. The lowest BCUT2D eigenvalue weighted by Gasteiger charge is -2.03. The van der Waals surface area contributed by atoms with E-state index >= 15 is 0 Å². The summed E-state index contributed by atoms with van der Waals surface area (Å²) in [6, 6.07) is 1.94. The van der Waals surface area contributed by atoms with E-state index in [9.17, 15) is 19.3 Å². The lowest BCUT2D eigenvalue weighted by molar-refractivity contribution is -0.385. The number of nitro benzene ring substituents is 1. The number of methoxy groups -OCH3 is 1. The average Bonchev–Trinajstić information content (AvgIpc) is 2.20. The zero-order chi connectivity index (χ0) is 11.6. The molecule has 15 heavy (non-hydrogen) atoms. The first-order valence-electron chi connectivity index (χ1n) is 3.69. The minimum Gasteiger partial charge on any atom is -0.465 e. The van der Waals surface area contributed by atoms with Crippen LogP contribution in [-0.4, -0.2) is 18.0 Å². The van der Waals surface area contributed by atoms with Crippen LogP contribution < -0.4 is 0 Å². The molecule has 0 atom stereocenters. The van der Waals surface area contributed by atoms with Gasteiger partial charge in [0, 0.05) is 6.07 Å². The highest BCUT2D eigenvalue weighted by molar-refractivity contribution is 6.31. The molecule has 0 aliphatic carbocycles. The molecule has 0 heterocycles. The number of rotatable bonds is 2. The summed E-state index contributed by atoms with van der Waals surface area (Å²) < 4.78 is 17.5. The van der Waals surface area contributed by atoms with Crippen molar-refractivity contribution in [3.8, 4) is 0 Å². The third-order valence-corrected chi connectivity index (χ3v) is 1.95. The molecule has 1 aromatic rings. The number of benzene rings is 1. The molecule has 0 saturated heterocycles. The van der Waals surface area contributed by atoms with Gasteiger partial charge in [0.2, 0.25) is 0 Å². The first-order chi connectivity index (χ1) is 6.99. The first-order valence-corrected chi connectivity index (χ1v) is 4.07. The molecule has 1 aromatic carbocycles. The second-order valence-electron chi connectivity index (χ2n) is 2.50. The van der Waals surface area contributed by atoms with Crippen LogP contribution in [0.4, 0.5) is 10.1 Å². The molecule has 80 valence electrons. The minimum atomic E-state index is -1.15. The monoisotopic (exact) mass is 233 g/mol. The summed E-state index contributed by atoms with van der Waals surface area (Å²) in [5, 5.41) is 10.1. The fourth-order valence-electron chi connectivity index (χ4n) is 0.989. The lowest BCUT2D eigenvalue weighted by Crippen LogP contribution is -2.08. The van der Waals surface area contributed by atoms with E-state index < -0.39 is 28.0 Å². The third-order valence-electron chi connectivity index (χ3n) is 1.66. The number of halogens is 2. The molecular weight excluding hydrogens is 229 g/mol. The number of ether oxygens (including phenoxy) is 1. The molecule has 0 amide bonds. The number of esters is 1. The second-order valence-corrected chi connectivity index (χ2v) is 2.91. The molecule has 0 bridgehead atoms. The van der Waals surface area contributed by atoms with Gasteiger partial charge < -0.3 is 4.74 Å². The average molecular weight is 234 g/mol. The van der Waals surface area contributed by atoms with Crippen LogP contribution in [0, 0.1) is 15.9 Å². The van der Waals surface area contributed by atoms with Crippen molar-refractivity contribution in [1.29, 1.82) is 0 Å². The summed E-state index contributed by atoms with van der Waals surface area (Å²) in [5.41, 5.74) is -1.45. The Morgan fingerprint density at radius 2 is 2.20 bits per heavy atom. The molecule has 0 saturated carbocycles. The number of nitro groups is 1. The van der Waals surface area contributed by atoms with E-state index in [1.165, 1.54) is 0 Å². The molecule has 5 nitrogen and oxygen atoms in total. The van der Waals surface area contributed by atoms with Crippen molar-refractivity contribution in [1.82, 2.24) is 0 Å². The van der Waals surface area contributed by atoms with Crippen molar-refractivity contribution in [3.05, 3.63) is 38.7 Å². The van der Waals surface area contributed by atoms with Crippen LogP contribution in [0.5, 0.6) is 0 Å². The van der Waals surface area contributed by atoms with E-state index in [-0.39, 0.29) is 5.02 Å². The van der Waals surface area contributed by atoms with E-state index in [2.05, 4.69) is 4.74 Å². The number of hydrogen-bond donors (Lipinski definition) is 0. The quantitative estimate of drug-likeness (QED) is 0.446. The summed E-state index contributed by atoms with van der Waals surface area (Å²) >= 11 is 5.39. The first kappa shape index (κ1) is 11.4. The van der Waals surface area contributed by atoms with E-state index in [0.29, 0.717) is 0 Å². The van der Waals surface area contributed by atoms with Crippen molar-refractivity contribution in [2.45, 2.75) is 0 Å². The van der Waals surface area contributed by atoms with E-state index in [1.54, 1.807) is 0 Å². The highest BCUT2D eigenvalue weighted by atomic mass is 35.5. The van der Waals surface area contributed by atoms with Gasteiger partial charge in [-0.2, -0.15) is 0 Å². The third kappa shape index (κ3) is 2.04. The van der Waals surface area contributed by atoms with Crippen LogP contribution in [0.3, 0.4) is 0 Å². The van der Waals surface area contributed by atoms with Crippen LogP contribution in [0.2, 0.25) is 5.02 Å². The Morgan fingerprint density at radius 3 is 2.67 bits per heavy atom. The molecule has 0 radical (unpaired) electrons. The molecular formula is C8H5ClFNO4. The topological polar surface area (TPSA) is 69.4 Å². The zero-order valence-corrected chi connectivity index (χ0v) is 8.25. The Labute approximate surface area is 88.6 Å². The van der Waals surface area contributed by atoms with Gasteiger partial charge in [0.1, 0.15) is 0 Å². The van der Waals surface area contributed by atoms with Crippen LogP contribution in [-0.2, 0) is 4.74 Å². The van der Waals surface area contributed by atoms with Gasteiger partial charge in [-0.05, 0) is 6.07 Å². The summed E-state index contributed by atoms with van der Waals surface area (Å²) in [7, 11) is 0.992. The van der Waals surface area contributed by atoms with Crippen molar-refractivity contribution in [3.63, 3.8) is 0 Å². The van der Waals surface area contributed by atoms with E-state index in [1.807, 2.05) is 0 Å². The largest absolute Gasteiger partial charge is 0.465 e. The Kier molecular flexibility index (Phi) is 3.21. The maximum absolute atomic E-state index is 13.3. The van der Waals surface area contributed by atoms with Gasteiger partial charge in [0.25, 0.3) is 5.69 Å². The van der Waals surface area contributed by atoms with Crippen LogP contribution >= 0.6 is 11.6 Å². The normalized spacial score (nSPS) is 9.80. The maximum atomic E-state index is 13.3. The molecule has 0 aromatic heterocycles. The highest BCUT2D eigenvalue weighted by Gasteiger charge is 2.27. The van der Waals surface area contributed by atoms with Gasteiger partial charge in [-0.15, -0.1) is 0 Å². The molecule has 0 spiro atoms. The standard InChI is InChI=1S/C8H5ClFNO4/c1-15-8(12)6-5(11(13)14)3-2-4(9)7(6)10/h2-3H,1H3. The number of carbonyl (C=O) groups excluding carboxylic acids is 1. The second kappa shape index (κ2) is 4.22. The van der Waals surface area contributed by atoms with Gasteiger partial charge >= 0.3 is 5.97 Å². The smallest absolute Gasteiger partial charge is 0.348 e. The fourth-order valence-corrected chi connectivity index (χ4v) is 1.15.